The zero-order valence-electron chi connectivity index (χ0n) is 10.3. The summed E-state index contributed by atoms with van der Waals surface area (Å²) >= 11 is 0. The summed E-state index contributed by atoms with van der Waals surface area (Å²) in [6, 6.07) is 2.46. The molecule has 3 aliphatic rings. The lowest BCUT2D eigenvalue weighted by molar-refractivity contribution is 0.418. The van der Waals surface area contributed by atoms with Crippen molar-refractivity contribution >= 4 is 5.69 Å². The summed E-state index contributed by atoms with van der Waals surface area (Å²) in [6.45, 7) is 7.36. The lowest BCUT2D eigenvalue weighted by atomic mass is 9.76. The highest BCUT2D eigenvalue weighted by molar-refractivity contribution is 5.72. The highest BCUT2D eigenvalue weighted by Crippen LogP contribution is 2.53. The maximum absolute atomic E-state index is 2.64. The highest BCUT2D eigenvalue weighted by atomic mass is 15.2. The first-order chi connectivity index (χ1) is 7.69. The third-order valence-electron chi connectivity index (χ3n) is 5.14. The molecule has 0 bridgehead atoms. The minimum absolute atomic E-state index is 0.506. The fourth-order valence-corrected chi connectivity index (χ4v) is 4.19. The lowest BCUT2D eigenvalue weighted by Gasteiger charge is -2.38. The van der Waals surface area contributed by atoms with E-state index in [1.807, 2.05) is 0 Å². The van der Waals surface area contributed by atoms with Crippen LogP contribution >= 0.6 is 0 Å². The van der Waals surface area contributed by atoms with Crippen molar-refractivity contribution in [3.05, 3.63) is 28.3 Å². The van der Waals surface area contributed by atoms with Crippen LogP contribution in [0, 0.1) is 6.92 Å². The van der Waals surface area contributed by atoms with Gasteiger partial charge in [-0.2, -0.15) is 0 Å². The quantitative estimate of drug-likeness (QED) is 0.640. The van der Waals surface area contributed by atoms with Crippen molar-refractivity contribution in [3.63, 3.8) is 0 Å². The molecule has 1 aliphatic carbocycles. The molecular formula is C15H19N. The van der Waals surface area contributed by atoms with Crippen LogP contribution in [0.25, 0.3) is 0 Å². The molecule has 0 saturated heterocycles. The van der Waals surface area contributed by atoms with Crippen molar-refractivity contribution in [2.75, 3.05) is 18.0 Å². The molecule has 1 aromatic rings. The summed E-state index contributed by atoms with van der Waals surface area (Å²) in [5.74, 6) is 0. The smallest absolute Gasteiger partial charge is 0.0440 e. The van der Waals surface area contributed by atoms with Gasteiger partial charge in [0.15, 0.2) is 0 Å². The molecule has 2 heterocycles. The SMILES string of the molecule is Cc1cc2c3c4c1CCC4(C)CCN3CC2. The predicted molar refractivity (Wildman–Crippen MR) is 67.4 cm³/mol. The molecule has 0 amide bonds. The van der Waals surface area contributed by atoms with Crippen LogP contribution in [-0.4, -0.2) is 13.1 Å². The Bertz CT molecular complexity index is 489. The fourth-order valence-electron chi connectivity index (χ4n) is 4.19. The lowest BCUT2D eigenvalue weighted by Crippen LogP contribution is -2.35. The molecule has 2 aliphatic heterocycles. The second-order valence-electron chi connectivity index (χ2n) is 6.10. The Balaban J connectivity index is 2.10. The van der Waals surface area contributed by atoms with Crippen molar-refractivity contribution in [2.24, 2.45) is 0 Å². The van der Waals surface area contributed by atoms with Crippen LogP contribution in [0.4, 0.5) is 5.69 Å². The van der Waals surface area contributed by atoms with Crippen LogP contribution < -0.4 is 4.90 Å². The summed E-state index contributed by atoms with van der Waals surface area (Å²) in [7, 11) is 0. The van der Waals surface area contributed by atoms with E-state index < -0.39 is 0 Å². The predicted octanol–water partition coefficient (Wildman–Crippen LogP) is 2.97. The minimum atomic E-state index is 0.506. The van der Waals surface area contributed by atoms with E-state index in [2.05, 4.69) is 24.8 Å². The summed E-state index contributed by atoms with van der Waals surface area (Å²) in [5.41, 5.74) is 8.77. The molecule has 1 heteroatoms. The van der Waals surface area contributed by atoms with Crippen molar-refractivity contribution in [2.45, 2.75) is 44.9 Å². The Morgan fingerprint density at radius 3 is 2.94 bits per heavy atom. The van der Waals surface area contributed by atoms with Crippen molar-refractivity contribution in [1.29, 1.82) is 0 Å². The second kappa shape index (κ2) is 2.64. The van der Waals surface area contributed by atoms with Gasteiger partial charge in [0.25, 0.3) is 0 Å². The number of hydrogen-bond acceptors (Lipinski definition) is 1. The van der Waals surface area contributed by atoms with Gasteiger partial charge < -0.3 is 4.90 Å². The van der Waals surface area contributed by atoms with Crippen molar-refractivity contribution in [3.8, 4) is 0 Å². The van der Waals surface area contributed by atoms with Crippen LogP contribution in [-0.2, 0) is 18.3 Å². The van der Waals surface area contributed by atoms with Gasteiger partial charge in [0.05, 0.1) is 0 Å². The third-order valence-corrected chi connectivity index (χ3v) is 5.14. The number of nitrogens with zero attached hydrogens (tertiary/aromatic N) is 1. The Kier molecular flexibility index (Phi) is 1.50. The molecular weight excluding hydrogens is 194 g/mol. The van der Waals surface area contributed by atoms with Gasteiger partial charge in [0, 0.05) is 18.8 Å². The monoisotopic (exact) mass is 213 g/mol. The molecule has 0 aromatic heterocycles. The van der Waals surface area contributed by atoms with Crippen LogP contribution in [0.2, 0.25) is 0 Å². The van der Waals surface area contributed by atoms with Gasteiger partial charge in [-0.1, -0.05) is 13.0 Å². The molecule has 0 fully saturated rings. The molecule has 1 aromatic carbocycles. The Labute approximate surface area is 97.5 Å². The van der Waals surface area contributed by atoms with Crippen LogP contribution in [0.5, 0.6) is 0 Å². The van der Waals surface area contributed by atoms with Gasteiger partial charge in [-0.3, -0.25) is 0 Å². The molecule has 1 atom stereocenters. The van der Waals surface area contributed by atoms with E-state index in [0.29, 0.717) is 5.41 Å². The molecule has 16 heavy (non-hydrogen) atoms. The summed E-state index contributed by atoms with van der Waals surface area (Å²) in [6.07, 6.45) is 5.35. The molecule has 1 nitrogen and oxygen atoms in total. The van der Waals surface area contributed by atoms with Crippen molar-refractivity contribution < 1.29 is 0 Å². The van der Waals surface area contributed by atoms with Gasteiger partial charge in [0.1, 0.15) is 0 Å². The molecule has 1 unspecified atom stereocenters. The normalized spacial score (nSPS) is 29.8. The molecule has 0 spiro atoms. The first-order valence-corrected chi connectivity index (χ1v) is 6.60. The Hall–Kier alpha value is -0.980. The first kappa shape index (κ1) is 9.09. The van der Waals surface area contributed by atoms with Crippen LogP contribution in [0.15, 0.2) is 6.07 Å². The first-order valence-electron chi connectivity index (χ1n) is 6.60. The fraction of sp³-hybridized carbons (Fsp3) is 0.600. The van der Waals surface area contributed by atoms with E-state index >= 15 is 0 Å². The van der Waals surface area contributed by atoms with Gasteiger partial charge in [-0.05, 0) is 60.3 Å². The van der Waals surface area contributed by atoms with Crippen LogP contribution in [0.1, 0.15) is 42.0 Å². The van der Waals surface area contributed by atoms with Crippen LogP contribution in [0.3, 0.4) is 0 Å². The average Bonchev–Trinajstić information content (AvgIpc) is 2.79. The van der Waals surface area contributed by atoms with Crippen molar-refractivity contribution in [1.82, 2.24) is 0 Å². The summed E-state index contributed by atoms with van der Waals surface area (Å²) in [5, 5.41) is 0. The van der Waals surface area contributed by atoms with E-state index in [9.17, 15) is 0 Å². The number of rotatable bonds is 0. The van der Waals surface area contributed by atoms with E-state index in [-0.39, 0.29) is 0 Å². The summed E-state index contributed by atoms with van der Waals surface area (Å²) in [4.78, 5) is 2.64. The second-order valence-corrected chi connectivity index (χ2v) is 6.10. The largest absolute Gasteiger partial charge is 0.371 e. The van der Waals surface area contributed by atoms with E-state index in [0.717, 1.165) is 0 Å². The zero-order chi connectivity index (χ0) is 10.9. The molecule has 4 rings (SSSR count). The molecule has 84 valence electrons. The van der Waals surface area contributed by atoms with E-state index in [1.165, 1.54) is 38.8 Å². The Morgan fingerprint density at radius 1 is 1.19 bits per heavy atom. The molecule has 0 N–H and O–H groups in total. The van der Waals surface area contributed by atoms with E-state index in [4.69, 9.17) is 0 Å². The molecule has 0 saturated carbocycles. The summed E-state index contributed by atoms with van der Waals surface area (Å²) < 4.78 is 0. The van der Waals surface area contributed by atoms with E-state index in [1.54, 1.807) is 27.9 Å². The van der Waals surface area contributed by atoms with Gasteiger partial charge in [-0.15, -0.1) is 0 Å². The zero-order valence-corrected chi connectivity index (χ0v) is 10.3. The van der Waals surface area contributed by atoms with Gasteiger partial charge in [-0.25, -0.2) is 0 Å². The minimum Gasteiger partial charge on any atom is -0.371 e. The van der Waals surface area contributed by atoms with Gasteiger partial charge >= 0.3 is 0 Å². The number of hydrogen-bond donors (Lipinski definition) is 0. The topological polar surface area (TPSA) is 3.24 Å². The Morgan fingerprint density at radius 2 is 2.06 bits per heavy atom. The maximum Gasteiger partial charge on any atom is 0.0440 e. The van der Waals surface area contributed by atoms with Gasteiger partial charge in [0.2, 0.25) is 0 Å². The number of benzene rings is 1. The standard InChI is InChI=1S/C15H19N/c1-10-9-11-4-7-16-8-6-15(2)5-3-12(10)13(15)14(11)16/h9H,3-8H2,1-2H3. The number of aryl methyl sites for hydroxylation is 1. The maximum atomic E-state index is 2.64. The molecule has 0 radical (unpaired) electrons. The highest BCUT2D eigenvalue weighted by Gasteiger charge is 2.43. The average molecular weight is 213 g/mol. The third kappa shape index (κ3) is 0.888. The number of anilines is 1.